The number of phenolic OH excluding ortho intramolecular Hbond substituents is 1. The lowest BCUT2D eigenvalue weighted by Gasteiger charge is -2.37. The Balaban J connectivity index is 1.27. The number of fused-ring (bicyclic) bond motifs is 1. The molecule has 44 heavy (non-hydrogen) atoms. The molecule has 2 amide bonds. The topological polar surface area (TPSA) is 101 Å². The number of hydrogen-bond donors (Lipinski definition) is 3. The molecule has 0 radical (unpaired) electrons. The van der Waals surface area contributed by atoms with Crippen LogP contribution >= 0.6 is 0 Å². The molecule has 2 aromatic carbocycles. The number of hydrogen-bond acceptors (Lipinski definition) is 6. The lowest BCUT2D eigenvalue weighted by molar-refractivity contribution is -0.144. The van der Waals surface area contributed by atoms with Gasteiger partial charge in [0.25, 0.3) is 0 Å². The number of phenols is 1. The first-order valence-electron chi connectivity index (χ1n) is 16.5. The maximum atomic E-state index is 14.0. The van der Waals surface area contributed by atoms with Crippen molar-refractivity contribution in [1.82, 2.24) is 9.80 Å². The van der Waals surface area contributed by atoms with Gasteiger partial charge in [0.2, 0.25) is 11.8 Å². The molecule has 0 saturated carbocycles. The van der Waals surface area contributed by atoms with E-state index in [0.717, 1.165) is 62.0 Å². The van der Waals surface area contributed by atoms with Gasteiger partial charge in [0.1, 0.15) is 5.75 Å². The van der Waals surface area contributed by atoms with Crippen molar-refractivity contribution < 1.29 is 24.9 Å². The molecule has 2 saturated heterocycles. The highest BCUT2D eigenvalue weighted by atomic mass is 16.3. The summed E-state index contributed by atoms with van der Waals surface area (Å²) in [5, 5.41) is 31.9. The van der Waals surface area contributed by atoms with Crippen molar-refractivity contribution in [3.05, 3.63) is 82.4 Å². The molecular formula is C37H48N2O5. The van der Waals surface area contributed by atoms with E-state index in [1.54, 1.807) is 17.0 Å². The fourth-order valence-electron chi connectivity index (χ4n) is 7.73. The van der Waals surface area contributed by atoms with Crippen LogP contribution < -0.4 is 0 Å². The molecule has 3 N–H and O–H groups in total. The van der Waals surface area contributed by atoms with E-state index in [9.17, 15) is 24.9 Å². The Labute approximate surface area is 261 Å². The van der Waals surface area contributed by atoms with Gasteiger partial charge >= 0.3 is 0 Å². The quantitative estimate of drug-likeness (QED) is 0.213. The van der Waals surface area contributed by atoms with Gasteiger partial charge in [0, 0.05) is 31.6 Å². The Morgan fingerprint density at radius 3 is 2.32 bits per heavy atom. The Hall–Kier alpha value is -3.26. The molecule has 7 heteroatoms. The Morgan fingerprint density at radius 1 is 0.977 bits per heavy atom. The number of likely N-dealkylation sites (tertiary alicyclic amines) is 2. The van der Waals surface area contributed by atoms with Crippen molar-refractivity contribution in [2.24, 2.45) is 17.8 Å². The standard InChI is InChI=1S/C37H48N2O5/c1-3-8-25(21-26-11-14-30(41)15-12-26)13-16-33(42)34-28(4-2)22-31-35(32(34)24-40)37(44)39(36(31)43)29-17-19-38(20-18-29)23-27-9-6-5-7-10-27/h5-7,9-12,14-15,21,29,31-33,35,40-42H,3-4,8,13,16-20,22-24H2,1-2H3/b25-21+/t31-,32+,33-,35-/m1/s1. The predicted molar refractivity (Wildman–Crippen MR) is 172 cm³/mol. The van der Waals surface area contributed by atoms with Crippen LogP contribution in [0.4, 0.5) is 0 Å². The second kappa shape index (κ2) is 14.7. The third-order valence-corrected chi connectivity index (χ3v) is 9.95. The van der Waals surface area contributed by atoms with Gasteiger partial charge in [-0.3, -0.25) is 19.4 Å². The normalized spacial score (nSPS) is 24.2. The minimum Gasteiger partial charge on any atom is -0.508 e. The molecule has 0 spiro atoms. The molecule has 3 aliphatic rings. The third kappa shape index (κ3) is 7.01. The van der Waals surface area contributed by atoms with Crippen molar-refractivity contribution in [3.63, 3.8) is 0 Å². The first-order chi connectivity index (χ1) is 21.3. The van der Waals surface area contributed by atoms with Crippen molar-refractivity contribution in [3.8, 4) is 5.75 Å². The summed E-state index contributed by atoms with van der Waals surface area (Å²) in [6.45, 7) is 6.42. The van der Waals surface area contributed by atoms with Crippen LogP contribution in [0.3, 0.4) is 0 Å². The number of allylic oxidation sites excluding steroid dienone is 2. The number of rotatable bonds is 12. The van der Waals surface area contributed by atoms with Crippen LogP contribution in [-0.2, 0) is 16.1 Å². The van der Waals surface area contributed by atoms with Gasteiger partial charge in [0.05, 0.1) is 24.5 Å². The number of nitrogens with zero attached hydrogens (tertiary/aromatic N) is 2. The Morgan fingerprint density at radius 2 is 1.68 bits per heavy atom. The number of aliphatic hydroxyl groups excluding tert-OH is 2. The summed E-state index contributed by atoms with van der Waals surface area (Å²) in [5.74, 6) is -1.66. The second-order valence-electron chi connectivity index (χ2n) is 12.8. The van der Waals surface area contributed by atoms with Crippen LogP contribution in [-0.4, -0.2) is 68.8 Å². The molecule has 2 aromatic rings. The van der Waals surface area contributed by atoms with Crippen LogP contribution in [0, 0.1) is 17.8 Å². The van der Waals surface area contributed by atoms with Crippen LogP contribution in [0.5, 0.6) is 5.75 Å². The number of piperidine rings is 1. The molecule has 0 aromatic heterocycles. The summed E-state index contributed by atoms with van der Waals surface area (Å²) in [6, 6.07) is 17.3. The Kier molecular flexibility index (Phi) is 10.7. The summed E-state index contributed by atoms with van der Waals surface area (Å²) in [4.78, 5) is 31.7. The highest BCUT2D eigenvalue weighted by molar-refractivity contribution is 6.06. The van der Waals surface area contributed by atoms with Crippen LogP contribution in [0.2, 0.25) is 0 Å². The van der Waals surface area contributed by atoms with Gasteiger partial charge in [0.15, 0.2) is 0 Å². The average Bonchev–Trinajstić information content (AvgIpc) is 3.29. The van der Waals surface area contributed by atoms with E-state index in [4.69, 9.17) is 0 Å². The van der Waals surface area contributed by atoms with Gasteiger partial charge < -0.3 is 15.3 Å². The molecule has 2 heterocycles. The minimum atomic E-state index is -0.790. The van der Waals surface area contributed by atoms with E-state index in [1.807, 2.05) is 37.3 Å². The maximum absolute atomic E-state index is 14.0. The van der Waals surface area contributed by atoms with E-state index in [0.29, 0.717) is 25.7 Å². The molecule has 2 aliphatic heterocycles. The smallest absolute Gasteiger partial charge is 0.234 e. The fourth-order valence-corrected chi connectivity index (χ4v) is 7.73. The second-order valence-corrected chi connectivity index (χ2v) is 12.8. The van der Waals surface area contributed by atoms with Gasteiger partial charge in [-0.1, -0.05) is 80.0 Å². The molecule has 236 valence electrons. The lowest BCUT2D eigenvalue weighted by atomic mass is 9.67. The van der Waals surface area contributed by atoms with E-state index in [-0.39, 0.29) is 30.2 Å². The van der Waals surface area contributed by atoms with Gasteiger partial charge in [-0.05, 0) is 73.8 Å². The number of imide groups is 1. The van der Waals surface area contributed by atoms with Crippen LogP contribution in [0.1, 0.15) is 76.3 Å². The van der Waals surface area contributed by atoms with E-state index in [1.165, 1.54) is 11.1 Å². The van der Waals surface area contributed by atoms with Gasteiger partial charge in [-0.2, -0.15) is 0 Å². The fraction of sp³-hybridized carbons (Fsp3) is 0.514. The summed E-state index contributed by atoms with van der Waals surface area (Å²) < 4.78 is 0. The van der Waals surface area contributed by atoms with Gasteiger partial charge in [-0.15, -0.1) is 0 Å². The molecule has 1 aliphatic carbocycles. The van der Waals surface area contributed by atoms with Crippen molar-refractivity contribution >= 4 is 17.9 Å². The zero-order valence-electron chi connectivity index (χ0n) is 26.2. The Bertz CT molecular complexity index is 1340. The summed E-state index contributed by atoms with van der Waals surface area (Å²) >= 11 is 0. The summed E-state index contributed by atoms with van der Waals surface area (Å²) in [5.41, 5.74) is 5.26. The SMILES string of the molecule is CCC/C(=C\c1ccc(O)cc1)CC[C@@H](O)C1=C(CC)C[C@H]2C(=O)N(C3CCN(Cc4ccccc4)CC3)C(=O)[C@H]2[C@H]1CO. The highest BCUT2D eigenvalue weighted by Crippen LogP contribution is 2.48. The number of aromatic hydroxyl groups is 1. The molecule has 5 rings (SSSR count). The minimum absolute atomic E-state index is 0.0958. The number of aliphatic hydroxyl groups is 2. The molecule has 0 bridgehead atoms. The first-order valence-corrected chi connectivity index (χ1v) is 16.5. The van der Waals surface area contributed by atoms with Gasteiger partial charge in [-0.25, -0.2) is 0 Å². The largest absolute Gasteiger partial charge is 0.508 e. The highest BCUT2D eigenvalue weighted by Gasteiger charge is 2.56. The molecule has 2 fully saturated rings. The lowest BCUT2D eigenvalue weighted by Crippen LogP contribution is -2.47. The van der Waals surface area contributed by atoms with Crippen LogP contribution in [0.25, 0.3) is 6.08 Å². The number of amides is 2. The molecule has 0 unspecified atom stereocenters. The zero-order valence-corrected chi connectivity index (χ0v) is 26.2. The van der Waals surface area contributed by atoms with Crippen molar-refractivity contribution in [1.29, 1.82) is 0 Å². The predicted octanol–water partition coefficient (Wildman–Crippen LogP) is 5.70. The van der Waals surface area contributed by atoms with Crippen molar-refractivity contribution in [2.45, 2.75) is 83.9 Å². The maximum Gasteiger partial charge on any atom is 0.234 e. The summed E-state index contributed by atoms with van der Waals surface area (Å²) in [6.07, 6.45) is 7.03. The van der Waals surface area contributed by atoms with E-state index >= 15 is 0 Å². The first kappa shape index (κ1) is 32.1. The monoisotopic (exact) mass is 600 g/mol. The number of benzene rings is 2. The number of carbonyl (C=O) groups is 2. The summed E-state index contributed by atoms with van der Waals surface area (Å²) in [7, 11) is 0. The van der Waals surface area contributed by atoms with Crippen molar-refractivity contribution in [2.75, 3.05) is 19.7 Å². The van der Waals surface area contributed by atoms with E-state index < -0.39 is 23.9 Å². The number of carbonyl (C=O) groups excluding carboxylic acids is 2. The molecule has 7 nitrogen and oxygen atoms in total. The zero-order chi connectivity index (χ0) is 31.2. The van der Waals surface area contributed by atoms with E-state index in [2.05, 4.69) is 30.0 Å². The average molecular weight is 601 g/mol. The third-order valence-electron chi connectivity index (χ3n) is 9.95. The molecule has 4 atom stereocenters. The van der Waals surface area contributed by atoms with Crippen LogP contribution in [0.15, 0.2) is 71.3 Å². The molecular weight excluding hydrogens is 552 g/mol.